The molecule has 2 aliphatic rings. The SMILES string of the molecule is CCC(CC)(NC(=O)OCC1c2ccccc2-c2ccccc21)C(=O)N1CCN(C)C(C(=O)O)C1. The van der Waals surface area contributed by atoms with Crippen LogP contribution < -0.4 is 5.32 Å². The third-order valence-electron chi connectivity index (χ3n) is 7.52. The van der Waals surface area contributed by atoms with E-state index < -0.39 is 23.6 Å². The van der Waals surface area contributed by atoms with E-state index in [1.165, 1.54) is 0 Å². The maximum absolute atomic E-state index is 13.5. The maximum atomic E-state index is 13.5. The lowest BCUT2D eigenvalue weighted by atomic mass is 9.90. The lowest BCUT2D eigenvalue weighted by Crippen LogP contribution is -2.64. The highest BCUT2D eigenvalue weighted by atomic mass is 16.5. The summed E-state index contributed by atoms with van der Waals surface area (Å²) in [5, 5.41) is 12.4. The summed E-state index contributed by atoms with van der Waals surface area (Å²) in [4.78, 5) is 41.4. The number of hydrogen-bond donors (Lipinski definition) is 2. The third kappa shape index (κ3) is 4.62. The molecule has 4 rings (SSSR count). The number of carboxylic acid groups (broad SMARTS) is 1. The summed E-state index contributed by atoms with van der Waals surface area (Å²) in [6.45, 7) is 4.79. The number of carbonyl (C=O) groups excluding carboxylic acids is 2. The molecule has 1 unspecified atom stereocenters. The van der Waals surface area contributed by atoms with Gasteiger partial charge in [0.1, 0.15) is 18.2 Å². The monoisotopic (exact) mass is 479 g/mol. The van der Waals surface area contributed by atoms with Crippen LogP contribution in [-0.2, 0) is 14.3 Å². The molecule has 2 aromatic carbocycles. The summed E-state index contributed by atoms with van der Waals surface area (Å²) in [5.41, 5.74) is 3.37. The Hall–Kier alpha value is -3.39. The molecule has 35 heavy (non-hydrogen) atoms. The van der Waals surface area contributed by atoms with Gasteiger partial charge in [0.15, 0.2) is 0 Å². The van der Waals surface area contributed by atoms with E-state index >= 15 is 0 Å². The van der Waals surface area contributed by atoms with Crippen molar-refractivity contribution in [3.05, 3.63) is 59.7 Å². The van der Waals surface area contributed by atoms with Gasteiger partial charge in [-0.2, -0.15) is 0 Å². The number of rotatable bonds is 7. The number of fused-ring (bicyclic) bond motifs is 3. The van der Waals surface area contributed by atoms with Crippen LogP contribution in [0.1, 0.15) is 43.7 Å². The predicted molar refractivity (Wildman–Crippen MR) is 132 cm³/mol. The molecule has 2 amide bonds. The van der Waals surface area contributed by atoms with Gasteiger partial charge in [0.05, 0.1) is 0 Å². The minimum atomic E-state index is -1.15. The Morgan fingerprint density at radius 2 is 1.57 bits per heavy atom. The molecule has 1 aliphatic heterocycles. The average molecular weight is 480 g/mol. The van der Waals surface area contributed by atoms with Crippen LogP contribution in [0.25, 0.3) is 11.1 Å². The van der Waals surface area contributed by atoms with Crippen molar-refractivity contribution >= 4 is 18.0 Å². The molecule has 186 valence electrons. The van der Waals surface area contributed by atoms with E-state index in [1.807, 2.05) is 38.1 Å². The zero-order valence-electron chi connectivity index (χ0n) is 20.5. The first kappa shape index (κ1) is 24.7. The second kappa shape index (κ2) is 10.1. The van der Waals surface area contributed by atoms with Gasteiger partial charge >= 0.3 is 12.1 Å². The molecule has 1 fully saturated rings. The number of carboxylic acids is 1. The first-order valence-electron chi connectivity index (χ1n) is 12.2. The summed E-state index contributed by atoms with van der Waals surface area (Å²) >= 11 is 0. The zero-order chi connectivity index (χ0) is 25.2. The van der Waals surface area contributed by atoms with Gasteiger partial charge in [0.2, 0.25) is 5.91 Å². The van der Waals surface area contributed by atoms with Crippen molar-refractivity contribution in [2.45, 2.75) is 44.2 Å². The number of likely N-dealkylation sites (N-methyl/N-ethyl adjacent to an activating group) is 1. The standard InChI is InChI=1S/C27H33N3O5/c1-4-27(5-2,25(33)30-15-14-29(3)23(16-30)24(31)32)28-26(34)35-17-22-20-12-8-6-10-18(20)19-11-7-9-13-21(19)22/h6-13,22-23H,4-5,14-17H2,1-3H3,(H,28,34)(H,31,32). The molecule has 1 heterocycles. The predicted octanol–water partition coefficient (Wildman–Crippen LogP) is 3.31. The molecule has 1 aliphatic carbocycles. The molecule has 0 bridgehead atoms. The van der Waals surface area contributed by atoms with Crippen molar-refractivity contribution in [2.24, 2.45) is 0 Å². The van der Waals surface area contributed by atoms with Gasteiger partial charge in [-0.05, 0) is 42.1 Å². The average Bonchev–Trinajstić information content (AvgIpc) is 3.19. The van der Waals surface area contributed by atoms with Crippen molar-refractivity contribution < 1.29 is 24.2 Å². The van der Waals surface area contributed by atoms with E-state index in [9.17, 15) is 19.5 Å². The molecule has 1 saturated heterocycles. The fourth-order valence-corrected chi connectivity index (χ4v) is 5.24. The van der Waals surface area contributed by atoms with E-state index in [1.54, 1.807) is 16.8 Å². The molecule has 0 radical (unpaired) electrons. The van der Waals surface area contributed by atoms with Crippen LogP contribution in [0.3, 0.4) is 0 Å². The molecule has 0 aromatic heterocycles. The fraction of sp³-hybridized carbons (Fsp3) is 0.444. The summed E-state index contributed by atoms with van der Waals surface area (Å²) in [5.74, 6) is -1.31. The molecule has 0 spiro atoms. The van der Waals surface area contributed by atoms with Gasteiger partial charge in [-0.1, -0.05) is 62.4 Å². The molecular formula is C27H33N3O5. The van der Waals surface area contributed by atoms with Crippen molar-refractivity contribution in [3.8, 4) is 11.1 Å². The summed E-state index contributed by atoms with van der Waals surface area (Å²) in [7, 11) is 1.74. The Balaban J connectivity index is 1.46. The minimum Gasteiger partial charge on any atom is -0.480 e. The summed E-state index contributed by atoms with van der Waals surface area (Å²) in [6, 6.07) is 15.5. The van der Waals surface area contributed by atoms with Crippen LogP contribution in [-0.4, -0.2) is 77.7 Å². The summed E-state index contributed by atoms with van der Waals surface area (Å²) < 4.78 is 5.69. The van der Waals surface area contributed by atoms with E-state index in [0.717, 1.165) is 22.3 Å². The molecule has 8 heteroatoms. The van der Waals surface area contributed by atoms with Crippen molar-refractivity contribution in [3.63, 3.8) is 0 Å². The second-order valence-corrected chi connectivity index (χ2v) is 9.33. The van der Waals surface area contributed by atoms with Gasteiger partial charge in [-0.15, -0.1) is 0 Å². The Morgan fingerprint density at radius 1 is 1.00 bits per heavy atom. The van der Waals surface area contributed by atoms with Crippen molar-refractivity contribution in [2.75, 3.05) is 33.3 Å². The number of piperazine rings is 1. The van der Waals surface area contributed by atoms with E-state index in [0.29, 0.717) is 25.9 Å². The number of amides is 2. The smallest absolute Gasteiger partial charge is 0.408 e. The highest BCUT2D eigenvalue weighted by molar-refractivity contribution is 5.90. The van der Waals surface area contributed by atoms with Crippen LogP contribution in [0.15, 0.2) is 48.5 Å². The number of nitrogens with one attached hydrogen (secondary N) is 1. The fourth-order valence-electron chi connectivity index (χ4n) is 5.24. The van der Waals surface area contributed by atoms with Crippen molar-refractivity contribution in [1.29, 1.82) is 0 Å². The Kier molecular flexibility index (Phi) is 7.12. The molecular weight excluding hydrogens is 446 g/mol. The molecule has 2 N–H and O–H groups in total. The summed E-state index contributed by atoms with van der Waals surface area (Å²) in [6.07, 6.45) is 0.0977. The Labute approximate surface area is 205 Å². The van der Waals surface area contributed by atoms with E-state index in [2.05, 4.69) is 29.6 Å². The lowest BCUT2D eigenvalue weighted by molar-refractivity contribution is -0.150. The van der Waals surface area contributed by atoms with Crippen LogP contribution in [0, 0.1) is 0 Å². The lowest BCUT2D eigenvalue weighted by Gasteiger charge is -2.42. The van der Waals surface area contributed by atoms with Gasteiger partial charge in [-0.3, -0.25) is 14.5 Å². The Morgan fingerprint density at radius 3 is 2.11 bits per heavy atom. The topological polar surface area (TPSA) is 99.2 Å². The molecule has 1 atom stereocenters. The third-order valence-corrected chi connectivity index (χ3v) is 7.52. The van der Waals surface area contributed by atoms with Crippen LogP contribution in [0.2, 0.25) is 0 Å². The van der Waals surface area contributed by atoms with Gasteiger partial charge < -0.3 is 20.1 Å². The number of aliphatic carboxylic acids is 1. The van der Waals surface area contributed by atoms with Crippen LogP contribution in [0.5, 0.6) is 0 Å². The minimum absolute atomic E-state index is 0.0736. The van der Waals surface area contributed by atoms with Crippen LogP contribution in [0.4, 0.5) is 4.79 Å². The second-order valence-electron chi connectivity index (χ2n) is 9.33. The first-order chi connectivity index (χ1) is 16.8. The van der Waals surface area contributed by atoms with Gasteiger partial charge in [-0.25, -0.2) is 4.79 Å². The quantitative estimate of drug-likeness (QED) is 0.632. The van der Waals surface area contributed by atoms with E-state index in [-0.39, 0.29) is 25.0 Å². The number of benzene rings is 2. The highest BCUT2D eigenvalue weighted by Gasteiger charge is 2.43. The van der Waals surface area contributed by atoms with E-state index in [4.69, 9.17) is 4.74 Å². The number of alkyl carbamates (subject to hydrolysis) is 1. The van der Waals surface area contributed by atoms with Gasteiger partial charge in [0.25, 0.3) is 0 Å². The highest BCUT2D eigenvalue weighted by Crippen LogP contribution is 2.44. The first-order valence-corrected chi connectivity index (χ1v) is 12.2. The molecule has 0 saturated carbocycles. The van der Waals surface area contributed by atoms with Crippen molar-refractivity contribution in [1.82, 2.24) is 15.1 Å². The maximum Gasteiger partial charge on any atom is 0.408 e. The number of carbonyl (C=O) groups is 3. The number of nitrogens with zero attached hydrogens (tertiary/aromatic N) is 2. The van der Waals surface area contributed by atoms with Gasteiger partial charge in [0, 0.05) is 25.6 Å². The van der Waals surface area contributed by atoms with Crippen LogP contribution >= 0.6 is 0 Å². The normalized spacial score (nSPS) is 18.0. The number of ether oxygens (including phenoxy) is 1. The molecule has 2 aromatic rings. The zero-order valence-corrected chi connectivity index (χ0v) is 20.5. The number of hydrogen-bond acceptors (Lipinski definition) is 5. The Bertz CT molecular complexity index is 1070. The largest absolute Gasteiger partial charge is 0.480 e. The molecule has 8 nitrogen and oxygen atoms in total.